The first kappa shape index (κ1) is 15.8. The molecule has 0 unspecified atom stereocenters. The number of aliphatic hydroxyl groups excluding tert-OH is 1. The number of carbonyl (C=O) groups excluding carboxylic acids is 1. The van der Waals surface area contributed by atoms with Gasteiger partial charge in [-0.1, -0.05) is 12.8 Å². The van der Waals surface area contributed by atoms with E-state index in [0.717, 1.165) is 25.7 Å². The molecule has 1 aromatic rings. The molecule has 0 bridgehead atoms. The topological polar surface area (TPSA) is 58.6 Å². The molecule has 1 aliphatic carbocycles. The molecule has 1 fully saturated rings. The van der Waals surface area contributed by atoms with Crippen molar-refractivity contribution in [3.05, 3.63) is 30.1 Å². The number of hydrogen-bond donors (Lipinski definition) is 2. The number of nitrogens with one attached hydrogen (secondary N) is 1. The van der Waals surface area contributed by atoms with Gasteiger partial charge < -0.3 is 15.2 Å². The number of hydrogen-bond acceptors (Lipinski definition) is 3. The fourth-order valence-corrected chi connectivity index (χ4v) is 2.68. The van der Waals surface area contributed by atoms with E-state index in [1.165, 1.54) is 24.3 Å². The van der Waals surface area contributed by atoms with Gasteiger partial charge in [0.15, 0.2) is 0 Å². The van der Waals surface area contributed by atoms with Gasteiger partial charge in [0.1, 0.15) is 11.6 Å². The molecule has 2 rings (SSSR count). The van der Waals surface area contributed by atoms with Gasteiger partial charge in [0.2, 0.25) is 5.91 Å². The minimum absolute atomic E-state index is 0.0863. The largest absolute Gasteiger partial charge is 0.493 e. The summed E-state index contributed by atoms with van der Waals surface area (Å²) < 4.78 is 18.1. The van der Waals surface area contributed by atoms with Crippen LogP contribution in [0.4, 0.5) is 4.39 Å². The molecule has 0 spiro atoms. The van der Waals surface area contributed by atoms with Gasteiger partial charge in [0.25, 0.3) is 0 Å². The summed E-state index contributed by atoms with van der Waals surface area (Å²) >= 11 is 0. The molecule has 5 heteroatoms. The molecule has 0 radical (unpaired) electrons. The molecule has 4 nitrogen and oxygen atoms in total. The summed E-state index contributed by atoms with van der Waals surface area (Å²) in [6, 6.07) is 5.71. The minimum atomic E-state index is -0.314. The Morgan fingerprint density at radius 3 is 2.57 bits per heavy atom. The molecule has 21 heavy (non-hydrogen) atoms. The van der Waals surface area contributed by atoms with Gasteiger partial charge in [0, 0.05) is 12.0 Å². The van der Waals surface area contributed by atoms with Crippen LogP contribution in [-0.2, 0) is 4.79 Å². The van der Waals surface area contributed by atoms with Crippen LogP contribution in [0.2, 0.25) is 0 Å². The van der Waals surface area contributed by atoms with E-state index >= 15 is 0 Å². The summed E-state index contributed by atoms with van der Waals surface area (Å²) in [5.74, 6) is 0.148. The van der Waals surface area contributed by atoms with Crippen molar-refractivity contribution in [2.45, 2.75) is 32.1 Å². The van der Waals surface area contributed by atoms with Gasteiger partial charge in [-0.05, 0) is 37.1 Å². The molecule has 116 valence electrons. The van der Waals surface area contributed by atoms with Crippen LogP contribution >= 0.6 is 0 Å². The van der Waals surface area contributed by atoms with Crippen molar-refractivity contribution in [1.29, 1.82) is 0 Å². The van der Waals surface area contributed by atoms with E-state index in [-0.39, 0.29) is 36.8 Å². The van der Waals surface area contributed by atoms with Gasteiger partial charge >= 0.3 is 0 Å². The van der Waals surface area contributed by atoms with Crippen molar-refractivity contribution in [2.75, 3.05) is 19.8 Å². The predicted octanol–water partition coefficient (Wildman–Crippen LogP) is 2.26. The molecule has 0 saturated heterocycles. The Morgan fingerprint density at radius 1 is 1.29 bits per heavy atom. The van der Waals surface area contributed by atoms with Gasteiger partial charge in [-0.2, -0.15) is 0 Å². The summed E-state index contributed by atoms with van der Waals surface area (Å²) in [4.78, 5) is 11.8. The highest BCUT2D eigenvalue weighted by atomic mass is 19.1. The smallest absolute Gasteiger partial charge is 0.223 e. The quantitative estimate of drug-likeness (QED) is 0.811. The van der Waals surface area contributed by atoms with Gasteiger partial charge in [-0.15, -0.1) is 0 Å². The van der Waals surface area contributed by atoms with Crippen LogP contribution < -0.4 is 10.1 Å². The maximum atomic E-state index is 12.7. The first-order valence-electron chi connectivity index (χ1n) is 7.39. The maximum Gasteiger partial charge on any atom is 0.223 e. The highest BCUT2D eigenvalue weighted by molar-refractivity contribution is 5.76. The van der Waals surface area contributed by atoms with Crippen LogP contribution in [-0.4, -0.2) is 30.8 Å². The zero-order chi connectivity index (χ0) is 15.1. The number of rotatable bonds is 7. The summed E-state index contributed by atoms with van der Waals surface area (Å²) in [5.41, 5.74) is -0.131. The zero-order valence-corrected chi connectivity index (χ0v) is 12.1. The Bertz CT molecular complexity index is 455. The molecule has 1 amide bonds. The van der Waals surface area contributed by atoms with Crippen LogP contribution in [0.5, 0.6) is 5.75 Å². The molecule has 2 N–H and O–H groups in total. The lowest BCUT2D eigenvalue weighted by atomic mass is 9.87. The molecule has 0 heterocycles. The fraction of sp³-hybridized carbons (Fsp3) is 0.562. The lowest BCUT2D eigenvalue weighted by Crippen LogP contribution is -2.38. The SMILES string of the molecule is O=C(CCOc1ccc(F)cc1)NCC1(CO)CCCC1. The fourth-order valence-electron chi connectivity index (χ4n) is 2.68. The average molecular weight is 295 g/mol. The molecular weight excluding hydrogens is 273 g/mol. The van der Waals surface area contributed by atoms with Crippen LogP contribution in [0.25, 0.3) is 0 Å². The van der Waals surface area contributed by atoms with E-state index < -0.39 is 0 Å². The van der Waals surface area contributed by atoms with Crippen molar-refractivity contribution in [1.82, 2.24) is 5.32 Å². The average Bonchev–Trinajstić information content (AvgIpc) is 2.97. The molecule has 0 aromatic heterocycles. The minimum Gasteiger partial charge on any atom is -0.493 e. The monoisotopic (exact) mass is 295 g/mol. The van der Waals surface area contributed by atoms with Crippen molar-refractivity contribution in [2.24, 2.45) is 5.41 Å². The van der Waals surface area contributed by atoms with E-state index in [1.807, 2.05) is 0 Å². The third kappa shape index (κ3) is 4.70. The van der Waals surface area contributed by atoms with Crippen molar-refractivity contribution in [3.8, 4) is 5.75 Å². The van der Waals surface area contributed by atoms with E-state index in [2.05, 4.69) is 5.32 Å². The van der Waals surface area contributed by atoms with E-state index in [9.17, 15) is 14.3 Å². The standard InChI is InChI=1S/C16H22FNO3/c17-13-3-5-14(6-4-13)21-10-7-15(20)18-11-16(12-19)8-1-2-9-16/h3-6,19H,1-2,7-12H2,(H,18,20). The molecule has 1 aliphatic rings. The first-order valence-corrected chi connectivity index (χ1v) is 7.39. The second kappa shape index (κ2) is 7.41. The summed E-state index contributed by atoms with van der Waals surface area (Å²) in [7, 11) is 0. The summed E-state index contributed by atoms with van der Waals surface area (Å²) in [5, 5.41) is 12.3. The van der Waals surface area contributed by atoms with Crippen LogP contribution in [0.1, 0.15) is 32.1 Å². The second-order valence-corrected chi connectivity index (χ2v) is 5.69. The van der Waals surface area contributed by atoms with Crippen molar-refractivity contribution in [3.63, 3.8) is 0 Å². The number of benzene rings is 1. The van der Waals surface area contributed by atoms with Gasteiger partial charge in [0.05, 0.1) is 19.6 Å². The van der Waals surface area contributed by atoms with Crippen LogP contribution in [0, 0.1) is 11.2 Å². The Hall–Kier alpha value is -1.62. The third-order valence-electron chi connectivity index (χ3n) is 4.07. The summed E-state index contributed by atoms with van der Waals surface area (Å²) in [6.45, 7) is 0.905. The Labute approximate surface area is 124 Å². The summed E-state index contributed by atoms with van der Waals surface area (Å²) in [6.07, 6.45) is 4.42. The normalized spacial score (nSPS) is 16.7. The number of carbonyl (C=O) groups is 1. The molecule has 1 aromatic carbocycles. The van der Waals surface area contributed by atoms with Gasteiger partial charge in [-0.25, -0.2) is 4.39 Å². The molecular formula is C16H22FNO3. The van der Waals surface area contributed by atoms with Crippen molar-refractivity contribution < 1.29 is 19.0 Å². The zero-order valence-electron chi connectivity index (χ0n) is 12.1. The molecule has 1 saturated carbocycles. The number of ether oxygens (including phenoxy) is 1. The lowest BCUT2D eigenvalue weighted by Gasteiger charge is -2.26. The number of aliphatic hydroxyl groups is 1. The third-order valence-corrected chi connectivity index (χ3v) is 4.07. The van der Waals surface area contributed by atoms with Gasteiger partial charge in [-0.3, -0.25) is 4.79 Å². The van der Waals surface area contributed by atoms with E-state index in [0.29, 0.717) is 12.3 Å². The Kier molecular flexibility index (Phi) is 5.56. The number of amides is 1. The predicted molar refractivity (Wildman–Crippen MR) is 77.5 cm³/mol. The Balaban J connectivity index is 1.66. The molecule has 0 aliphatic heterocycles. The van der Waals surface area contributed by atoms with E-state index in [4.69, 9.17) is 4.74 Å². The molecule has 0 atom stereocenters. The number of halogens is 1. The maximum absolute atomic E-state index is 12.7. The van der Waals surface area contributed by atoms with Crippen LogP contribution in [0.15, 0.2) is 24.3 Å². The highest BCUT2D eigenvalue weighted by Crippen LogP contribution is 2.36. The van der Waals surface area contributed by atoms with Crippen LogP contribution in [0.3, 0.4) is 0 Å². The van der Waals surface area contributed by atoms with E-state index in [1.54, 1.807) is 0 Å². The highest BCUT2D eigenvalue weighted by Gasteiger charge is 2.33. The first-order chi connectivity index (χ1) is 10.1. The Morgan fingerprint density at radius 2 is 1.95 bits per heavy atom. The van der Waals surface area contributed by atoms with Crippen molar-refractivity contribution >= 4 is 5.91 Å². The lowest BCUT2D eigenvalue weighted by molar-refractivity contribution is -0.122. The second-order valence-electron chi connectivity index (χ2n) is 5.69.